The SMILES string of the molecule is Cc1nc(C2CCN(C)C2)sc1C(CN)C(C)C. The normalized spacial score (nSPS) is 22.9. The lowest BCUT2D eigenvalue weighted by atomic mass is 9.93. The molecular weight excluding hydrogens is 242 g/mol. The number of aromatic nitrogens is 1. The van der Waals surface area contributed by atoms with E-state index in [1.807, 2.05) is 11.3 Å². The Kier molecular flexibility index (Phi) is 4.41. The van der Waals surface area contributed by atoms with Crippen LogP contribution in [0.25, 0.3) is 0 Å². The van der Waals surface area contributed by atoms with Crippen LogP contribution in [0.15, 0.2) is 0 Å². The molecular formula is C14H25N3S. The van der Waals surface area contributed by atoms with Crippen LogP contribution in [0, 0.1) is 12.8 Å². The molecule has 1 saturated heterocycles. The topological polar surface area (TPSA) is 42.2 Å². The van der Waals surface area contributed by atoms with E-state index in [1.165, 1.54) is 28.5 Å². The molecule has 0 spiro atoms. The summed E-state index contributed by atoms with van der Waals surface area (Å²) in [4.78, 5) is 8.62. The van der Waals surface area contributed by atoms with Crippen molar-refractivity contribution in [3.63, 3.8) is 0 Å². The first-order chi connectivity index (χ1) is 8.52. The number of rotatable bonds is 4. The Morgan fingerprint density at radius 2 is 2.22 bits per heavy atom. The average Bonchev–Trinajstić information content (AvgIpc) is 2.87. The minimum atomic E-state index is 0.468. The molecule has 2 heterocycles. The van der Waals surface area contributed by atoms with E-state index in [2.05, 4.69) is 32.7 Å². The predicted molar refractivity (Wildman–Crippen MR) is 78.3 cm³/mol. The van der Waals surface area contributed by atoms with Gasteiger partial charge in [0.2, 0.25) is 0 Å². The van der Waals surface area contributed by atoms with E-state index in [9.17, 15) is 0 Å². The Bertz CT molecular complexity index is 400. The smallest absolute Gasteiger partial charge is 0.0975 e. The lowest BCUT2D eigenvalue weighted by molar-refractivity contribution is 0.411. The third kappa shape index (κ3) is 2.76. The molecule has 1 aliphatic rings. The maximum atomic E-state index is 5.93. The predicted octanol–water partition coefficient (Wildman–Crippen LogP) is 2.57. The van der Waals surface area contributed by atoms with Crippen LogP contribution in [-0.2, 0) is 0 Å². The van der Waals surface area contributed by atoms with Gasteiger partial charge in [0.1, 0.15) is 0 Å². The molecule has 0 bridgehead atoms. The summed E-state index contributed by atoms with van der Waals surface area (Å²) < 4.78 is 0. The van der Waals surface area contributed by atoms with Crippen molar-refractivity contribution in [1.82, 2.24) is 9.88 Å². The van der Waals surface area contributed by atoms with Gasteiger partial charge in [0, 0.05) is 29.8 Å². The highest BCUT2D eigenvalue weighted by molar-refractivity contribution is 7.12. The summed E-state index contributed by atoms with van der Waals surface area (Å²) in [6.45, 7) is 9.72. The summed E-state index contributed by atoms with van der Waals surface area (Å²) in [5.74, 6) is 1.70. The van der Waals surface area contributed by atoms with E-state index < -0.39 is 0 Å². The van der Waals surface area contributed by atoms with Gasteiger partial charge in [-0.05, 0) is 32.9 Å². The molecule has 2 atom stereocenters. The van der Waals surface area contributed by atoms with E-state index in [-0.39, 0.29) is 0 Å². The van der Waals surface area contributed by atoms with Crippen LogP contribution >= 0.6 is 11.3 Å². The average molecular weight is 267 g/mol. The summed E-state index contributed by atoms with van der Waals surface area (Å²) >= 11 is 1.90. The zero-order valence-electron chi connectivity index (χ0n) is 11.9. The number of hydrogen-bond donors (Lipinski definition) is 1. The second-order valence-electron chi connectivity index (χ2n) is 5.84. The van der Waals surface area contributed by atoms with E-state index in [4.69, 9.17) is 10.7 Å². The van der Waals surface area contributed by atoms with Crippen LogP contribution in [0.5, 0.6) is 0 Å². The van der Waals surface area contributed by atoms with Crippen molar-refractivity contribution in [2.75, 3.05) is 26.7 Å². The van der Waals surface area contributed by atoms with Crippen molar-refractivity contribution < 1.29 is 0 Å². The molecule has 0 saturated carbocycles. The second kappa shape index (κ2) is 5.68. The molecule has 2 unspecified atom stereocenters. The fourth-order valence-electron chi connectivity index (χ4n) is 2.77. The lowest BCUT2D eigenvalue weighted by Crippen LogP contribution is -2.17. The molecule has 0 radical (unpaired) electrons. The van der Waals surface area contributed by atoms with Gasteiger partial charge in [-0.3, -0.25) is 0 Å². The molecule has 102 valence electrons. The summed E-state index contributed by atoms with van der Waals surface area (Å²) in [6.07, 6.45) is 1.25. The number of nitrogens with zero attached hydrogens (tertiary/aromatic N) is 2. The van der Waals surface area contributed by atoms with Gasteiger partial charge < -0.3 is 10.6 Å². The molecule has 1 aromatic rings. The first-order valence-electron chi connectivity index (χ1n) is 6.88. The van der Waals surface area contributed by atoms with Crippen LogP contribution in [0.3, 0.4) is 0 Å². The van der Waals surface area contributed by atoms with Gasteiger partial charge in [-0.25, -0.2) is 4.98 Å². The number of aryl methyl sites for hydroxylation is 1. The minimum Gasteiger partial charge on any atom is -0.330 e. The Labute approximate surface area is 114 Å². The van der Waals surface area contributed by atoms with E-state index in [0.29, 0.717) is 17.8 Å². The van der Waals surface area contributed by atoms with Crippen molar-refractivity contribution in [1.29, 1.82) is 0 Å². The Morgan fingerprint density at radius 3 is 2.72 bits per heavy atom. The van der Waals surface area contributed by atoms with Crippen LogP contribution < -0.4 is 5.73 Å². The van der Waals surface area contributed by atoms with Crippen molar-refractivity contribution in [3.05, 3.63) is 15.6 Å². The van der Waals surface area contributed by atoms with Crippen LogP contribution in [0.2, 0.25) is 0 Å². The Hall–Kier alpha value is -0.450. The highest BCUT2D eigenvalue weighted by Gasteiger charge is 2.27. The minimum absolute atomic E-state index is 0.468. The fraction of sp³-hybridized carbons (Fsp3) is 0.786. The Morgan fingerprint density at radius 1 is 1.50 bits per heavy atom. The van der Waals surface area contributed by atoms with Gasteiger partial charge in [-0.1, -0.05) is 13.8 Å². The zero-order valence-corrected chi connectivity index (χ0v) is 12.8. The molecule has 3 nitrogen and oxygen atoms in total. The number of nitrogens with two attached hydrogens (primary N) is 1. The molecule has 0 aliphatic carbocycles. The van der Waals surface area contributed by atoms with Crippen LogP contribution in [0.1, 0.15) is 47.7 Å². The van der Waals surface area contributed by atoms with E-state index in [0.717, 1.165) is 13.1 Å². The van der Waals surface area contributed by atoms with Gasteiger partial charge >= 0.3 is 0 Å². The van der Waals surface area contributed by atoms with Crippen molar-refractivity contribution in [2.45, 2.75) is 39.0 Å². The molecule has 0 aromatic carbocycles. The highest BCUT2D eigenvalue weighted by Crippen LogP contribution is 2.36. The highest BCUT2D eigenvalue weighted by atomic mass is 32.1. The second-order valence-corrected chi connectivity index (χ2v) is 6.90. The maximum absolute atomic E-state index is 5.93. The molecule has 4 heteroatoms. The molecule has 2 N–H and O–H groups in total. The fourth-order valence-corrected chi connectivity index (χ4v) is 4.25. The first kappa shape index (κ1) is 14.0. The molecule has 0 amide bonds. The number of hydrogen-bond acceptors (Lipinski definition) is 4. The summed E-state index contributed by atoms with van der Waals surface area (Å²) in [5, 5.41) is 1.32. The molecule has 1 aromatic heterocycles. The third-order valence-electron chi connectivity index (χ3n) is 3.99. The Balaban J connectivity index is 2.21. The molecule has 18 heavy (non-hydrogen) atoms. The van der Waals surface area contributed by atoms with Gasteiger partial charge in [-0.15, -0.1) is 11.3 Å². The van der Waals surface area contributed by atoms with E-state index >= 15 is 0 Å². The summed E-state index contributed by atoms with van der Waals surface area (Å²) in [7, 11) is 2.19. The van der Waals surface area contributed by atoms with Crippen molar-refractivity contribution >= 4 is 11.3 Å². The molecule has 2 rings (SSSR count). The van der Waals surface area contributed by atoms with Crippen molar-refractivity contribution in [2.24, 2.45) is 11.7 Å². The van der Waals surface area contributed by atoms with Crippen molar-refractivity contribution in [3.8, 4) is 0 Å². The van der Waals surface area contributed by atoms with Gasteiger partial charge in [0.25, 0.3) is 0 Å². The number of likely N-dealkylation sites (N-methyl/N-ethyl adjacent to an activating group) is 1. The quantitative estimate of drug-likeness (QED) is 0.911. The standard InChI is InChI=1S/C14H25N3S/c1-9(2)12(7-15)13-10(3)16-14(18-13)11-5-6-17(4)8-11/h9,11-12H,5-8,15H2,1-4H3. The maximum Gasteiger partial charge on any atom is 0.0975 e. The zero-order chi connectivity index (χ0) is 13.3. The van der Waals surface area contributed by atoms with Gasteiger partial charge in [0.05, 0.1) is 10.7 Å². The first-order valence-corrected chi connectivity index (χ1v) is 7.70. The number of thiazole rings is 1. The summed E-state index contributed by atoms with van der Waals surface area (Å²) in [5.41, 5.74) is 7.13. The lowest BCUT2D eigenvalue weighted by Gasteiger charge is -2.17. The molecule has 1 aliphatic heterocycles. The largest absolute Gasteiger partial charge is 0.330 e. The third-order valence-corrected chi connectivity index (χ3v) is 5.44. The van der Waals surface area contributed by atoms with Crippen LogP contribution in [0.4, 0.5) is 0 Å². The molecule has 1 fully saturated rings. The van der Waals surface area contributed by atoms with Gasteiger partial charge in [0.15, 0.2) is 0 Å². The van der Waals surface area contributed by atoms with Crippen LogP contribution in [-0.4, -0.2) is 36.6 Å². The number of likely N-dealkylation sites (tertiary alicyclic amines) is 1. The monoisotopic (exact) mass is 267 g/mol. The van der Waals surface area contributed by atoms with Gasteiger partial charge in [-0.2, -0.15) is 0 Å². The summed E-state index contributed by atoms with van der Waals surface area (Å²) in [6, 6.07) is 0. The van der Waals surface area contributed by atoms with E-state index in [1.54, 1.807) is 0 Å².